The van der Waals surface area contributed by atoms with Crippen molar-refractivity contribution in [2.75, 3.05) is 65.5 Å². The molecule has 11 aliphatic heterocycles. The fourth-order valence-corrected chi connectivity index (χ4v) is 22.0. The molecular formula is C68H102N24O16S3. The Bertz CT molecular complexity index is 4030. The predicted molar refractivity (Wildman–Crippen MR) is 402 cm³/mol. The molecule has 2 aromatic heterocycles. The summed E-state index contributed by atoms with van der Waals surface area (Å²) in [7, 11) is 0. The minimum absolute atomic E-state index is 0. The number of aromatic nitrogens is 8. The lowest BCUT2D eigenvalue weighted by atomic mass is 9.73. The summed E-state index contributed by atoms with van der Waals surface area (Å²) in [5.41, 5.74) is 27.8. The lowest BCUT2D eigenvalue weighted by molar-refractivity contribution is -0.160. The molecule has 608 valence electrons. The number of tetrazole rings is 2. The van der Waals surface area contributed by atoms with Gasteiger partial charge in [-0.3, -0.25) is 48.8 Å². The first-order chi connectivity index (χ1) is 52.2. The third-order valence-electron chi connectivity index (χ3n) is 22.8. The second-order valence-electron chi connectivity index (χ2n) is 30.5. The molecule has 0 bridgehead atoms. The Kier molecular flexibility index (Phi) is 27.3. The second kappa shape index (κ2) is 35.6. The number of nitrogens with zero attached hydrogens (tertiary/aromatic N) is 14. The maximum absolute atomic E-state index is 13.2. The standard InChI is InChI=1S/C24H34N8O6S.C23H35N7O6S.C20H29N9O4S.CH4/c1-11(3-14(34)7-31-10-27-28-29-31)18-19-12(2)21(20(24(37)38)32(19)23(18)36)39-15-4-17(26-5-15)22(35)30-6-13(9-33)16(25)8-30;1-9-18-17(10(2)28-16(32)5-24)22(34)30(18)19(23(35)36)20(9)37-12-4-13(27-6-12)21(33)29-7-11(3-15(25)26)14(31)8-29;1-9(3-12(30)7-28-8-25-26-27-28)14-15-10(2)17(16(19(32)33)29(15)18(14)31)34-13-4-11(23-6-13)5-24-20(21)22;/h10-13,15-19,26,33H,3-9,25H2,1-2H3,(H,37,38);9-14,17-18,27,31H,3-8,24H2,1-2H3,(H3,25,26)(H,28,32)(H,35,36);8-11,13-15,23H,3-7H2,1-2H3,(H,32,33)(H4,21,22,24);1H4/t11-,12+,13?,15-,16?,17-,18+,19+;9-,10-,11-,12+,13+,14-,17-,18-;9-,10+,11-,13-,14+,15+;/m010./s1. The number of carboxylic acid groups (broad SMARTS) is 3. The van der Waals surface area contributed by atoms with Crippen molar-refractivity contribution in [2.24, 2.45) is 92.8 Å². The van der Waals surface area contributed by atoms with Crippen LogP contribution in [0.1, 0.15) is 87.5 Å². The van der Waals surface area contributed by atoms with Gasteiger partial charge in [0.25, 0.3) is 0 Å². The van der Waals surface area contributed by atoms with Crippen LogP contribution in [0, 0.1) is 64.6 Å². The van der Waals surface area contributed by atoms with Crippen LogP contribution < -0.4 is 49.9 Å². The van der Waals surface area contributed by atoms with E-state index >= 15 is 0 Å². The third-order valence-corrected chi connectivity index (χ3v) is 27.4. The Morgan fingerprint density at radius 1 is 0.631 bits per heavy atom. The molecule has 0 radical (unpaired) electrons. The zero-order valence-corrected chi connectivity index (χ0v) is 64.1. The molecular weight excluding hydrogens is 1510 g/mol. The van der Waals surface area contributed by atoms with Gasteiger partial charge in [-0.25, -0.2) is 23.7 Å². The van der Waals surface area contributed by atoms with Crippen molar-refractivity contribution >= 4 is 112 Å². The maximum atomic E-state index is 13.2. The highest BCUT2D eigenvalue weighted by Crippen LogP contribution is 2.56. The highest BCUT2D eigenvalue weighted by molar-refractivity contribution is 8.04. The van der Waals surface area contributed by atoms with E-state index in [4.69, 9.17) is 34.1 Å². The minimum atomic E-state index is -1.18. The first-order valence-corrected chi connectivity index (χ1v) is 39.4. The van der Waals surface area contributed by atoms with Crippen LogP contribution in [0.4, 0.5) is 0 Å². The Morgan fingerprint density at radius 3 is 1.44 bits per heavy atom. The van der Waals surface area contributed by atoms with Crippen LogP contribution in [0.2, 0.25) is 0 Å². The van der Waals surface area contributed by atoms with Crippen molar-refractivity contribution < 1.29 is 78.3 Å². The molecule has 13 heterocycles. The van der Waals surface area contributed by atoms with Crippen LogP contribution in [0.15, 0.2) is 49.5 Å². The molecule has 0 spiro atoms. The van der Waals surface area contributed by atoms with Gasteiger partial charge in [0, 0.05) is 150 Å². The highest BCUT2D eigenvalue weighted by atomic mass is 32.2. The van der Waals surface area contributed by atoms with E-state index in [0.717, 1.165) is 11.3 Å². The van der Waals surface area contributed by atoms with Crippen molar-refractivity contribution in [3.63, 3.8) is 0 Å². The maximum Gasteiger partial charge on any atom is 0.353 e. The molecule has 0 aliphatic carbocycles. The van der Waals surface area contributed by atoms with Crippen LogP contribution in [-0.4, -0.2) is 303 Å². The smallest absolute Gasteiger partial charge is 0.353 e. The summed E-state index contributed by atoms with van der Waals surface area (Å²) < 4.78 is 2.68. The summed E-state index contributed by atoms with van der Waals surface area (Å²) in [6, 6.07) is -2.45. The van der Waals surface area contributed by atoms with Crippen LogP contribution in [-0.2, 0) is 65.8 Å². The molecule has 13 rings (SSSR count). The van der Waals surface area contributed by atoms with Crippen molar-refractivity contribution in [2.45, 2.75) is 171 Å². The topological polar surface area (TPSA) is 607 Å². The van der Waals surface area contributed by atoms with Gasteiger partial charge in [0.15, 0.2) is 17.5 Å². The van der Waals surface area contributed by atoms with Gasteiger partial charge >= 0.3 is 17.9 Å². The summed E-state index contributed by atoms with van der Waals surface area (Å²) >= 11 is 4.32. The molecule has 40 nitrogen and oxygen atoms in total. The summed E-state index contributed by atoms with van der Waals surface area (Å²) in [6.45, 7) is 14.5. The first kappa shape index (κ1) is 84.9. The number of hydrogen-bond donors (Lipinski definition) is 15. The number of aliphatic imine (C=N–C) groups is 1. The number of fused-ring (bicyclic) bond motifs is 3. The number of carboxylic acids is 3. The van der Waals surface area contributed by atoms with Gasteiger partial charge in [-0.2, -0.15) is 0 Å². The molecule has 6 amide bonds. The van der Waals surface area contributed by atoms with E-state index in [2.05, 4.69) is 57.3 Å². The third kappa shape index (κ3) is 17.8. The molecule has 22 atom stereocenters. The molecule has 2 aromatic rings. The van der Waals surface area contributed by atoms with Gasteiger partial charge in [0.1, 0.15) is 42.8 Å². The number of carbonyl (C=O) groups is 11. The van der Waals surface area contributed by atoms with E-state index in [1.165, 1.54) is 72.0 Å². The van der Waals surface area contributed by atoms with Crippen molar-refractivity contribution in [1.29, 1.82) is 5.41 Å². The number of amides is 6. The summed E-state index contributed by atoms with van der Waals surface area (Å²) in [4.78, 5) is 152. The quantitative estimate of drug-likeness (QED) is 0.0207. The number of thioether (sulfide) groups is 3. The normalized spacial score (nSPS) is 31.7. The molecule has 8 fully saturated rings. The lowest BCUT2D eigenvalue weighted by Gasteiger charge is -2.47. The number of aliphatic hydroxyl groups is 2. The summed E-state index contributed by atoms with van der Waals surface area (Å²) in [6.07, 6.45) is 4.36. The fourth-order valence-electron chi connectivity index (χ4n) is 17.6. The molecule has 20 N–H and O–H groups in total. The number of guanidine groups is 1. The number of likely N-dealkylation sites (tertiary alicyclic amines) is 2. The van der Waals surface area contributed by atoms with Crippen LogP contribution in [0.5, 0.6) is 0 Å². The van der Waals surface area contributed by atoms with Crippen molar-refractivity contribution in [3.05, 3.63) is 44.5 Å². The van der Waals surface area contributed by atoms with E-state index in [1.54, 1.807) is 16.7 Å². The monoisotopic (exact) mass is 1610 g/mol. The average Bonchev–Trinajstić information content (AvgIpc) is 1.21. The molecule has 8 saturated heterocycles. The van der Waals surface area contributed by atoms with Gasteiger partial charge in [-0.15, -0.1) is 45.5 Å². The number of Topliss-reactive ketones (excluding diaryl/α,β-unsaturated/α-hetero) is 2. The Hall–Kier alpha value is -8.56. The van der Waals surface area contributed by atoms with E-state index < -0.39 is 59.9 Å². The largest absolute Gasteiger partial charge is 0.477 e. The number of nitrogens with two attached hydrogens (primary N) is 5. The van der Waals surface area contributed by atoms with E-state index in [0.29, 0.717) is 68.5 Å². The number of nitrogens with one attached hydrogen (secondary N) is 5. The molecule has 111 heavy (non-hydrogen) atoms. The van der Waals surface area contributed by atoms with Crippen molar-refractivity contribution in [1.82, 2.24) is 86.2 Å². The van der Waals surface area contributed by atoms with Crippen LogP contribution >= 0.6 is 35.3 Å². The number of aliphatic carboxylic acids is 3. The fraction of sp³-hybridized carbons (Fsp3) is 0.691. The van der Waals surface area contributed by atoms with Gasteiger partial charge < -0.3 is 100.0 Å². The van der Waals surface area contributed by atoms with Crippen LogP contribution in [0.25, 0.3) is 0 Å². The van der Waals surface area contributed by atoms with E-state index in [9.17, 15) is 78.3 Å². The molecule has 2 unspecified atom stereocenters. The number of carbonyl (C=O) groups excluding carboxylic acids is 8. The first-order valence-electron chi connectivity index (χ1n) is 36.8. The average molecular weight is 1610 g/mol. The Balaban J connectivity index is 0.000000177. The van der Waals surface area contributed by atoms with Gasteiger partial charge in [-0.05, 0) is 58.9 Å². The zero-order valence-electron chi connectivity index (χ0n) is 61.7. The highest BCUT2D eigenvalue weighted by Gasteiger charge is 2.64. The Labute approximate surface area is 652 Å². The SMILES string of the molecule is C.C[C@@H](CC(=O)Cn1cnnn1)[C@H]1C(=O)N2C(C(=O)O)=C(S[C@@H]3CN[C@H](C(=O)N4CC(N)C(CO)C4)C3)[C@H](C)[C@H]12.C[C@@H](CC(=O)Cn1cnnn1)[C@H]1C(=O)N2C(C(=O)O)=C(S[C@@H]3CN[C@H](CN=C(N)N)C3)[C@H](C)[C@H]12.C[C@@H](NC(=O)CN)[C@H]1C(=O)N2C(C(=O)O)=C(S[C@@H]3CN[C@H](C(=O)N4C[C@@H](CC(=N)N)[C@H](O)C4)C3)[C@H](C)[C@H]12. The number of ketones is 2. The summed E-state index contributed by atoms with van der Waals surface area (Å²) in [5, 5.41) is 91.1. The second-order valence-corrected chi connectivity index (χ2v) is 34.5. The number of amidine groups is 1. The number of β-lactam (4-membered cyclic amide) rings is 3. The zero-order chi connectivity index (χ0) is 79.8. The summed E-state index contributed by atoms with van der Waals surface area (Å²) in [5.74, 6) is -7.90. The number of hydrogen-bond acceptors (Lipinski definition) is 29. The predicted octanol–water partition coefficient (Wildman–Crippen LogP) is -4.47. The minimum Gasteiger partial charge on any atom is -0.477 e. The number of aliphatic hydroxyl groups excluding tert-OH is 2. The molecule has 0 saturated carbocycles. The van der Waals surface area contributed by atoms with Gasteiger partial charge in [-0.1, -0.05) is 42.0 Å². The van der Waals surface area contributed by atoms with Crippen LogP contribution in [0.3, 0.4) is 0 Å². The number of rotatable bonds is 29. The van der Waals surface area contributed by atoms with Gasteiger partial charge in [0.05, 0.1) is 73.0 Å². The molecule has 43 heteroatoms. The molecule has 0 aromatic carbocycles. The Morgan fingerprint density at radius 2 is 1.05 bits per heavy atom. The van der Waals surface area contributed by atoms with Crippen molar-refractivity contribution in [3.8, 4) is 0 Å². The lowest BCUT2D eigenvalue weighted by Crippen LogP contribution is -2.66. The number of β-amino-alcohol motifs (C(OH)–C–C–N with tert-alkyl or cyclic N) is 1. The van der Waals surface area contributed by atoms with E-state index in [-0.39, 0.29) is 223 Å². The van der Waals surface area contributed by atoms with E-state index in [1.807, 2.05) is 34.6 Å². The molecule has 11 aliphatic rings. The van der Waals surface area contributed by atoms with Gasteiger partial charge in [0.2, 0.25) is 35.4 Å².